The molecule has 0 saturated carbocycles. The fraction of sp³-hybridized carbons (Fsp3) is 0.462. The van der Waals surface area contributed by atoms with E-state index in [-0.39, 0.29) is 11.7 Å². The second-order valence-electron chi connectivity index (χ2n) is 3.95. The van der Waals surface area contributed by atoms with Gasteiger partial charge in [0.05, 0.1) is 7.11 Å². The highest BCUT2D eigenvalue weighted by molar-refractivity contribution is 9.10. The van der Waals surface area contributed by atoms with Crippen molar-refractivity contribution in [2.45, 2.75) is 19.8 Å². The van der Waals surface area contributed by atoms with Crippen molar-refractivity contribution in [1.29, 1.82) is 0 Å². The molecule has 0 fully saturated rings. The first kappa shape index (κ1) is 14.5. The third kappa shape index (κ3) is 4.32. The first-order valence-electron chi connectivity index (χ1n) is 5.47. The lowest BCUT2D eigenvalue weighted by Gasteiger charge is -2.15. The van der Waals surface area contributed by atoms with Gasteiger partial charge in [0.25, 0.3) is 0 Å². The highest BCUT2D eigenvalue weighted by atomic mass is 79.9. The highest BCUT2D eigenvalue weighted by Gasteiger charge is 2.16. The molecule has 4 heteroatoms. The average Bonchev–Trinajstić information content (AvgIpc) is 2.28. The summed E-state index contributed by atoms with van der Waals surface area (Å²) in [6.45, 7) is 1.61. The van der Waals surface area contributed by atoms with Gasteiger partial charge in [-0.05, 0) is 43.5 Å². The summed E-state index contributed by atoms with van der Waals surface area (Å²) in [7, 11) is 1.64. The van der Waals surface area contributed by atoms with Crippen LogP contribution in [0.3, 0.4) is 0 Å². The van der Waals surface area contributed by atoms with Crippen LogP contribution in [0.5, 0.6) is 5.75 Å². The molecule has 1 atom stereocenters. The van der Waals surface area contributed by atoms with E-state index in [4.69, 9.17) is 16.3 Å². The molecule has 0 saturated heterocycles. The molecular weight excluding hydrogens is 303 g/mol. The quantitative estimate of drug-likeness (QED) is 0.745. The molecule has 0 spiro atoms. The average molecular weight is 320 g/mol. The van der Waals surface area contributed by atoms with Crippen LogP contribution in [0.1, 0.15) is 18.9 Å². The Bertz CT molecular complexity index is 393. The lowest BCUT2D eigenvalue weighted by atomic mass is 9.93. The van der Waals surface area contributed by atoms with Gasteiger partial charge in [0.15, 0.2) is 0 Å². The van der Waals surface area contributed by atoms with Crippen LogP contribution >= 0.6 is 27.5 Å². The molecule has 94 valence electrons. The normalized spacial score (nSPS) is 12.2. The van der Waals surface area contributed by atoms with E-state index in [1.807, 2.05) is 18.2 Å². The molecule has 0 amide bonds. The molecule has 1 aromatic carbocycles. The third-order valence-electron chi connectivity index (χ3n) is 2.74. The molecule has 17 heavy (non-hydrogen) atoms. The third-order valence-corrected chi connectivity index (χ3v) is 3.45. The van der Waals surface area contributed by atoms with Crippen LogP contribution in [0.4, 0.5) is 0 Å². The van der Waals surface area contributed by atoms with E-state index in [9.17, 15) is 4.79 Å². The van der Waals surface area contributed by atoms with Gasteiger partial charge in [-0.15, -0.1) is 11.6 Å². The maximum atomic E-state index is 11.5. The Morgan fingerprint density at radius 3 is 2.76 bits per heavy atom. The number of Topliss-reactive ketones (excluding diaryl/α,β-unsaturated/α-hetero) is 1. The SMILES string of the molecule is COc1ccc(Br)cc1CC(CCCl)C(C)=O. The summed E-state index contributed by atoms with van der Waals surface area (Å²) in [5.41, 5.74) is 1.03. The molecule has 1 rings (SSSR count). The number of carbonyl (C=O) groups excluding carboxylic acids is 1. The molecule has 0 N–H and O–H groups in total. The van der Waals surface area contributed by atoms with E-state index in [0.29, 0.717) is 18.7 Å². The zero-order valence-corrected chi connectivity index (χ0v) is 12.3. The predicted octanol–water partition coefficient (Wildman–Crippen LogP) is 3.83. The van der Waals surface area contributed by atoms with Gasteiger partial charge in [-0.1, -0.05) is 15.9 Å². The second kappa shape index (κ2) is 7.02. The Hall–Kier alpha value is -0.540. The smallest absolute Gasteiger partial charge is 0.133 e. The Kier molecular flexibility index (Phi) is 6.00. The molecular formula is C13H16BrClO2. The number of hydrogen-bond acceptors (Lipinski definition) is 2. The molecule has 2 nitrogen and oxygen atoms in total. The number of rotatable bonds is 6. The minimum atomic E-state index is -0.0318. The fourth-order valence-electron chi connectivity index (χ4n) is 1.75. The van der Waals surface area contributed by atoms with Crippen molar-refractivity contribution in [2.24, 2.45) is 5.92 Å². The molecule has 0 aliphatic carbocycles. The van der Waals surface area contributed by atoms with E-state index in [2.05, 4.69) is 15.9 Å². The van der Waals surface area contributed by atoms with Crippen molar-refractivity contribution in [3.05, 3.63) is 28.2 Å². The topological polar surface area (TPSA) is 26.3 Å². The molecule has 0 aliphatic heterocycles. The van der Waals surface area contributed by atoms with Crippen LogP contribution in [-0.4, -0.2) is 18.8 Å². The number of carbonyl (C=O) groups is 1. The van der Waals surface area contributed by atoms with Crippen LogP contribution in [-0.2, 0) is 11.2 Å². The molecule has 1 unspecified atom stereocenters. The van der Waals surface area contributed by atoms with Crippen LogP contribution in [0.15, 0.2) is 22.7 Å². The van der Waals surface area contributed by atoms with Gasteiger partial charge in [0, 0.05) is 16.3 Å². The molecule has 0 aromatic heterocycles. The standard InChI is InChI=1S/C13H16BrClO2/c1-9(16)10(5-6-15)7-11-8-12(14)3-4-13(11)17-2/h3-4,8,10H,5-7H2,1-2H3. The summed E-state index contributed by atoms with van der Waals surface area (Å²) in [6, 6.07) is 5.81. The summed E-state index contributed by atoms with van der Waals surface area (Å²) in [6.07, 6.45) is 1.37. The molecule has 0 bridgehead atoms. The van der Waals surface area contributed by atoms with Gasteiger partial charge >= 0.3 is 0 Å². The van der Waals surface area contributed by atoms with E-state index < -0.39 is 0 Å². The highest BCUT2D eigenvalue weighted by Crippen LogP contribution is 2.26. The van der Waals surface area contributed by atoms with E-state index in [1.54, 1.807) is 14.0 Å². The van der Waals surface area contributed by atoms with Gasteiger partial charge in [0.2, 0.25) is 0 Å². The zero-order valence-electron chi connectivity index (χ0n) is 10.0. The molecule has 0 heterocycles. The van der Waals surface area contributed by atoms with Crippen molar-refractivity contribution >= 4 is 33.3 Å². The Morgan fingerprint density at radius 2 is 2.24 bits per heavy atom. The van der Waals surface area contributed by atoms with Gasteiger partial charge < -0.3 is 4.74 Å². The fourth-order valence-corrected chi connectivity index (χ4v) is 2.42. The Labute approximate surface area is 115 Å². The van der Waals surface area contributed by atoms with Crippen molar-refractivity contribution in [2.75, 3.05) is 13.0 Å². The first-order chi connectivity index (χ1) is 8.08. The number of hydrogen-bond donors (Lipinski definition) is 0. The maximum Gasteiger partial charge on any atom is 0.133 e. The number of ketones is 1. The number of methoxy groups -OCH3 is 1. The number of alkyl halides is 1. The van der Waals surface area contributed by atoms with Crippen molar-refractivity contribution in [3.8, 4) is 5.75 Å². The largest absolute Gasteiger partial charge is 0.496 e. The summed E-state index contributed by atoms with van der Waals surface area (Å²) in [4.78, 5) is 11.5. The molecule has 0 aliphatic rings. The summed E-state index contributed by atoms with van der Waals surface area (Å²) in [5.74, 6) is 1.46. The minimum Gasteiger partial charge on any atom is -0.496 e. The van der Waals surface area contributed by atoms with Crippen molar-refractivity contribution in [3.63, 3.8) is 0 Å². The van der Waals surface area contributed by atoms with Crippen LogP contribution in [0.25, 0.3) is 0 Å². The summed E-state index contributed by atoms with van der Waals surface area (Å²) < 4.78 is 6.28. The van der Waals surface area contributed by atoms with E-state index in [0.717, 1.165) is 15.8 Å². The maximum absolute atomic E-state index is 11.5. The molecule has 0 radical (unpaired) electrons. The summed E-state index contributed by atoms with van der Waals surface area (Å²) in [5, 5.41) is 0. The van der Waals surface area contributed by atoms with Gasteiger partial charge in [-0.25, -0.2) is 0 Å². The van der Waals surface area contributed by atoms with E-state index >= 15 is 0 Å². The number of halogens is 2. The van der Waals surface area contributed by atoms with Gasteiger partial charge in [0.1, 0.15) is 11.5 Å². The van der Waals surface area contributed by atoms with Crippen LogP contribution in [0, 0.1) is 5.92 Å². The second-order valence-corrected chi connectivity index (χ2v) is 5.24. The Balaban J connectivity index is 2.91. The zero-order chi connectivity index (χ0) is 12.8. The summed E-state index contributed by atoms with van der Waals surface area (Å²) >= 11 is 9.14. The van der Waals surface area contributed by atoms with E-state index in [1.165, 1.54) is 0 Å². The van der Waals surface area contributed by atoms with Crippen molar-refractivity contribution in [1.82, 2.24) is 0 Å². The van der Waals surface area contributed by atoms with Gasteiger partial charge in [-0.2, -0.15) is 0 Å². The first-order valence-corrected chi connectivity index (χ1v) is 6.80. The number of ether oxygens (including phenoxy) is 1. The van der Waals surface area contributed by atoms with Crippen molar-refractivity contribution < 1.29 is 9.53 Å². The predicted molar refractivity (Wildman–Crippen MR) is 73.9 cm³/mol. The molecule has 1 aromatic rings. The minimum absolute atomic E-state index is 0.0318. The lowest BCUT2D eigenvalue weighted by molar-refractivity contribution is -0.120. The van der Waals surface area contributed by atoms with Gasteiger partial charge in [-0.3, -0.25) is 4.79 Å². The number of benzene rings is 1. The monoisotopic (exact) mass is 318 g/mol. The Morgan fingerprint density at radius 1 is 1.53 bits per heavy atom. The van der Waals surface area contributed by atoms with Crippen LogP contribution in [0.2, 0.25) is 0 Å². The van der Waals surface area contributed by atoms with Crippen LogP contribution < -0.4 is 4.74 Å². The lowest BCUT2D eigenvalue weighted by Crippen LogP contribution is -2.15.